The van der Waals surface area contributed by atoms with Crippen molar-refractivity contribution in [3.8, 4) is 0 Å². The minimum atomic E-state index is 0.0810. The van der Waals surface area contributed by atoms with Crippen LogP contribution in [0.25, 0.3) is 0 Å². The van der Waals surface area contributed by atoms with Crippen LogP contribution in [0.4, 0.5) is 0 Å². The molecule has 102 valence electrons. The van der Waals surface area contributed by atoms with Gasteiger partial charge in [-0.3, -0.25) is 4.79 Å². The van der Waals surface area contributed by atoms with Crippen LogP contribution in [0.5, 0.6) is 0 Å². The van der Waals surface area contributed by atoms with Gasteiger partial charge in [-0.2, -0.15) is 0 Å². The summed E-state index contributed by atoms with van der Waals surface area (Å²) in [7, 11) is 0. The normalized spacial score (nSPS) is 13.4. The van der Waals surface area contributed by atoms with Gasteiger partial charge in [0, 0.05) is 5.56 Å². The van der Waals surface area contributed by atoms with Crippen molar-refractivity contribution < 1.29 is 4.79 Å². The largest absolute Gasteiger partial charge is 0.294 e. The summed E-state index contributed by atoms with van der Waals surface area (Å²) in [6, 6.07) is 5.76. The molecule has 0 saturated heterocycles. The van der Waals surface area contributed by atoms with Gasteiger partial charge in [0.15, 0.2) is 5.78 Å². The van der Waals surface area contributed by atoms with E-state index in [-0.39, 0.29) is 5.78 Å². The number of halogens is 1. The highest BCUT2D eigenvalue weighted by molar-refractivity contribution is 6.34. The molecule has 1 aromatic carbocycles. The third-order valence-electron chi connectivity index (χ3n) is 2.94. The molecule has 1 fully saturated rings. The summed E-state index contributed by atoms with van der Waals surface area (Å²) in [4.78, 5) is 11.4. The fraction of sp³-hybridized carbons (Fsp3) is 0.562. The number of hydrogen-bond acceptors (Lipinski definition) is 1. The van der Waals surface area contributed by atoms with Gasteiger partial charge in [0.2, 0.25) is 0 Å². The first-order valence-corrected chi connectivity index (χ1v) is 7.37. The molecule has 0 amide bonds. The van der Waals surface area contributed by atoms with Crippen LogP contribution in [0.1, 0.15) is 75.7 Å². The highest BCUT2D eigenvalue weighted by Crippen LogP contribution is 2.39. The molecule has 0 radical (unpaired) electrons. The number of carbonyl (C=O) groups excluding carboxylic acids is 1. The second-order valence-electron chi connectivity index (χ2n) is 3.89. The summed E-state index contributed by atoms with van der Waals surface area (Å²) in [6.45, 7) is 9.59. The Labute approximate surface area is 117 Å². The number of Topliss-reactive ketones (excluding diaryl/α,β-unsaturated/α-hetero) is 1. The number of carbonyl (C=O) groups is 1. The van der Waals surface area contributed by atoms with Crippen molar-refractivity contribution >= 4 is 17.4 Å². The lowest BCUT2D eigenvalue weighted by Gasteiger charge is -2.27. The number of hydrogen-bond donors (Lipinski definition) is 0. The van der Waals surface area contributed by atoms with Crippen LogP contribution in [0.15, 0.2) is 18.2 Å². The molecule has 0 unspecified atom stereocenters. The highest BCUT2D eigenvalue weighted by Gasteiger charge is 2.24. The van der Waals surface area contributed by atoms with E-state index in [4.69, 9.17) is 11.6 Å². The molecule has 2 rings (SSSR count). The summed E-state index contributed by atoms with van der Waals surface area (Å²) >= 11 is 6.03. The smallest absolute Gasteiger partial charge is 0.161 e. The molecule has 0 aliphatic heterocycles. The lowest BCUT2D eigenvalue weighted by atomic mass is 9.78. The van der Waals surface area contributed by atoms with E-state index in [1.54, 1.807) is 13.0 Å². The van der Waals surface area contributed by atoms with Crippen LogP contribution in [-0.2, 0) is 0 Å². The molecule has 18 heavy (non-hydrogen) atoms. The van der Waals surface area contributed by atoms with E-state index < -0.39 is 0 Å². The van der Waals surface area contributed by atoms with E-state index in [2.05, 4.69) is 0 Å². The second kappa shape index (κ2) is 9.16. The Morgan fingerprint density at radius 1 is 1.17 bits per heavy atom. The third kappa shape index (κ3) is 4.13. The summed E-state index contributed by atoms with van der Waals surface area (Å²) in [5, 5.41) is 0.599. The van der Waals surface area contributed by atoms with Crippen molar-refractivity contribution in [2.24, 2.45) is 0 Å². The molecule has 0 spiro atoms. The minimum Gasteiger partial charge on any atom is -0.294 e. The summed E-state index contributed by atoms with van der Waals surface area (Å²) in [5.41, 5.74) is 1.88. The van der Waals surface area contributed by atoms with Gasteiger partial charge in [0.05, 0.1) is 5.02 Å². The van der Waals surface area contributed by atoms with E-state index in [0.717, 1.165) is 11.1 Å². The van der Waals surface area contributed by atoms with Crippen LogP contribution in [-0.4, -0.2) is 5.78 Å². The number of rotatable bonds is 2. The van der Waals surface area contributed by atoms with Crippen LogP contribution in [0.2, 0.25) is 5.02 Å². The van der Waals surface area contributed by atoms with E-state index >= 15 is 0 Å². The molecular weight excluding hydrogens is 244 g/mol. The molecule has 1 nitrogen and oxygen atoms in total. The van der Waals surface area contributed by atoms with E-state index in [1.165, 1.54) is 19.3 Å². The third-order valence-corrected chi connectivity index (χ3v) is 3.26. The Bertz CT molecular complexity index is 367. The zero-order valence-corrected chi connectivity index (χ0v) is 13.0. The van der Waals surface area contributed by atoms with Crippen molar-refractivity contribution in [3.05, 3.63) is 34.3 Å². The predicted molar refractivity (Wildman–Crippen MR) is 80.7 cm³/mol. The maximum absolute atomic E-state index is 11.4. The van der Waals surface area contributed by atoms with Crippen molar-refractivity contribution in [2.75, 3.05) is 0 Å². The molecule has 1 aromatic rings. The summed E-state index contributed by atoms with van der Waals surface area (Å²) in [6.07, 6.45) is 3.66. The van der Waals surface area contributed by atoms with Crippen molar-refractivity contribution in [1.29, 1.82) is 0 Å². The molecule has 0 N–H and O–H groups in total. The Kier molecular flexibility index (Phi) is 8.74. The average Bonchev–Trinajstić information content (AvgIpc) is 2.31. The van der Waals surface area contributed by atoms with Gasteiger partial charge >= 0.3 is 0 Å². The Morgan fingerprint density at radius 3 is 2.11 bits per heavy atom. The fourth-order valence-corrected chi connectivity index (χ4v) is 2.29. The maximum Gasteiger partial charge on any atom is 0.161 e. The first-order valence-electron chi connectivity index (χ1n) is 6.99. The quantitative estimate of drug-likeness (QED) is 0.614. The topological polar surface area (TPSA) is 17.1 Å². The molecule has 0 aromatic heterocycles. The molecule has 0 atom stereocenters. The predicted octanol–water partition coefficient (Wildman–Crippen LogP) is 5.86. The molecular formula is C16H25ClO. The fourth-order valence-electron chi connectivity index (χ4n) is 1.97. The van der Waals surface area contributed by atoms with E-state index in [1.807, 2.05) is 39.8 Å². The van der Waals surface area contributed by atoms with Crippen LogP contribution in [0, 0.1) is 0 Å². The Balaban J connectivity index is 0.000000659. The molecule has 1 saturated carbocycles. The molecule has 0 bridgehead atoms. The zero-order valence-electron chi connectivity index (χ0n) is 12.2. The number of benzene rings is 1. The van der Waals surface area contributed by atoms with E-state index in [9.17, 15) is 4.79 Å². The van der Waals surface area contributed by atoms with Gasteiger partial charge < -0.3 is 0 Å². The molecule has 2 heteroatoms. The second-order valence-corrected chi connectivity index (χ2v) is 4.30. The van der Waals surface area contributed by atoms with Crippen molar-refractivity contribution in [1.82, 2.24) is 0 Å². The number of ketones is 1. The Morgan fingerprint density at radius 2 is 1.72 bits per heavy atom. The van der Waals surface area contributed by atoms with Crippen molar-refractivity contribution in [2.45, 2.75) is 59.8 Å². The van der Waals surface area contributed by atoms with Crippen LogP contribution in [0.3, 0.4) is 0 Å². The van der Waals surface area contributed by atoms with Crippen LogP contribution >= 0.6 is 11.6 Å². The zero-order chi connectivity index (χ0) is 14.1. The first-order chi connectivity index (χ1) is 8.70. The first kappa shape index (κ1) is 17.2. The Hall–Kier alpha value is -0.820. The van der Waals surface area contributed by atoms with Crippen molar-refractivity contribution in [3.63, 3.8) is 0 Å². The monoisotopic (exact) mass is 268 g/mol. The molecule has 1 aliphatic rings. The van der Waals surface area contributed by atoms with Gasteiger partial charge in [-0.05, 0) is 37.3 Å². The van der Waals surface area contributed by atoms with Crippen LogP contribution < -0.4 is 0 Å². The van der Waals surface area contributed by atoms with Gasteiger partial charge in [0.25, 0.3) is 0 Å². The lowest BCUT2D eigenvalue weighted by Crippen LogP contribution is -2.13. The standard InChI is InChI=1S/C12H13ClO.2C2H6/c1-8(14)12-10(9-4-2-5-9)6-3-7-11(12)13;2*1-2/h3,6-7,9H,2,4-5H2,1H3;2*1-2H3. The SMILES string of the molecule is CC.CC.CC(=O)c1c(Cl)cccc1C1CCC1. The summed E-state index contributed by atoms with van der Waals surface area (Å²) in [5.74, 6) is 0.644. The molecule has 1 aliphatic carbocycles. The minimum absolute atomic E-state index is 0.0810. The average molecular weight is 269 g/mol. The van der Waals surface area contributed by atoms with Gasteiger partial charge in [-0.25, -0.2) is 0 Å². The summed E-state index contributed by atoms with van der Waals surface area (Å²) < 4.78 is 0. The highest BCUT2D eigenvalue weighted by atomic mass is 35.5. The lowest BCUT2D eigenvalue weighted by molar-refractivity contribution is 0.101. The van der Waals surface area contributed by atoms with Gasteiger partial charge in [0.1, 0.15) is 0 Å². The van der Waals surface area contributed by atoms with E-state index in [0.29, 0.717) is 10.9 Å². The maximum atomic E-state index is 11.4. The van der Waals surface area contributed by atoms with Gasteiger partial charge in [-0.15, -0.1) is 0 Å². The van der Waals surface area contributed by atoms with Gasteiger partial charge in [-0.1, -0.05) is 57.8 Å². The molecule has 0 heterocycles.